The summed E-state index contributed by atoms with van der Waals surface area (Å²) in [5.41, 5.74) is 2.28. The van der Waals surface area contributed by atoms with Gasteiger partial charge in [-0.15, -0.1) is 12.4 Å². The average molecular weight is 393 g/mol. The molecule has 0 saturated carbocycles. The van der Waals surface area contributed by atoms with Crippen molar-refractivity contribution in [2.24, 2.45) is 0 Å². The van der Waals surface area contributed by atoms with Crippen molar-refractivity contribution in [2.75, 3.05) is 39.9 Å². The third kappa shape index (κ3) is 5.84. The quantitative estimate of drug-likeness (QED) is 0.723. The standard InChI is InChI=1S/C21H28N2O3.ClH/c1-25-20-8-7-18(19(9-14-24)23-12-10-22-11-13-23)15-21(20)26-16-17-5-3-2-4-6-17;/h2-8,15,19,22,24H,9-14,16H2,1H3;1H/t19-;/m1./s1. The smallest absolute Gasteiger partial charge is 0.161 e. The van der Waals surface area contributed by atoms with Crippen molar-refractivity contribution in [3.05, 3.63) is 59.7 Å². The van der Waals surface area contributed by atoms with Crippen LogP contribution in [0.2, 0.25) is 0 Å². The van der Waals surface area contributed by atoms with Crippen LogP contribution in [0.4, 0.5) is 0 Å². The van der Waals surface area contributed by atoms with Crippen molar-refractivity contribution >= 4 is 12.4 Å². The van der Waals surface area contributed by atoms with Crippen LogP contribution in [-0.2, 0) is 6.61 Å². The van der Waals surface area contributed by atoms with Crippen molar-refractivity contribution in [3.63, 3.8) is 0 Å². The third-order valence-corrected chi connectivity index (χ3v) is 4.80. The second-order valence-electron chi connectivity index (χ2n) is 6.50. The zero-order valence-electron chi connectivity index (χ0n) is 15.8. The van der Waals surface area contributed by atoms with Crippen LogP contribution in [0, 0.1) is 0 Å². The fourth-order valence-electron chi connectivity index (χ4n) is 3.42. The summed E-state index contributed by atoms with van der Waals surface area (Å²) in [5, 5.41) is 12.9. The molecule has 1 atom stereocenters. The summed E-state index contributed by atoms with van der Waals surface area (Å²) in [5.74, 6) is 1.47. The van der Waals surface area contributed by atoms with Gasteiger partial charge in [0, 0.05) is 38.8 Å². The maximum absolute atomic E-state index is 9.55. The lowest BCUT2D eigenvalue weighted by Gasteiger charge is -2.35. The molecule has 0 aromatic heterocycles. The molecule has 6 heteroatoms. The normalized spacial score (nSPS) is 15.6. The lowest BCUT2D eigenvalue weighted by molar-refractivity contribution is 0.140. The first kappa shape index (κ1) is 21.5. The first-order valence-electron chi connectivity index (χ1n) is 9.22. The molecule has 5 nitrogen and oxygen atoms in total. The van der Waals surface area contributed by atoms with Crippen LogP contribution in [0.3, 0.4) is 0 Å². The number of halogens is 1. The molecule has 2 N–H and O–H groups in total. The van der Waals surface area contributed by atoms with E-state index < -0.39 is 0 Å². The zero-order valence-corrected chi connectivity index (χ0v) is 16.6. The van der Waals surface area contributed by atoms with E-state index in [-0.39, 0.29) is 25.1 Å². The predicted molar refractivity (Wildman–Crippen MR) is 110 cm³/mol. The van der Waals surface area contributed by atoms with Crippen LogP contribution in [-0.4, -0.2) is 49.9 Å². The first-order valence-corrected chi connectivity index (χ1v) is 9.22. The molecule has 1 heterocycles. The minimum atomic E-state index is 0. The predicted octanol–water partition coefficient (Wildman–Crippen LogP) is 3.02. The van der Waals surface area contributed by atoms with E-state index in [9.17, 15) is 5.11 Å². The summed E-state index contributed by atoms with van der Waals surface area (Å²) in [6.07, 6.45) is 0.713. The molecule has 0 spiro atoms. The van der Waals surface area contributed by atoms with Crippen molar-refractivity contribution < 1.29 is 14.6 Å². The fourth-order valence-corrected chi connectivity index (χ4v) is 3.42. The Balaban J connectivity index is 0.00000261. The number of rotatable bonds is 8. The molecular weight excluding hydrogens is 364 g/mol. The van der Waals surface area contributed by atoms with Gasteiger partial charge in [-0.2, -0.15) is 0 Å². The molecule has 1 aliphatic heterocycles. The van der Waals surface area contributed by atoms with Gasteiger partial charge < -0.3 is 19.9 Å². The highest BCUT2D eigenvalue weighted by molar-refractivity contribution is 5.85. The highest BCUT2D eigenvalue weighted by Crippen LogP contribution is 2.34. The Kier molecular flexibility index (Phi) is 8.88. The van der Waals surface area contributed by atoms with Crippen LogP contribution < -0.4 is 14.8 Å². The molecule has 2 aromatic carbocycles. The van der Waals surface area contributed by atoms with E-state index in [1.165, 1.54) is 0 Å². The number of hydrogen-bond acceptors (Lipinski definition) is 5. The Morgan fingerprint density at radius 3 is 2.48 bits per heavy atom. The van der Waals surface area contributed by atoms with E-state index in [4.69, 9.17) is 9.47 Å². The number of piperazine rings is 1. The van der Waals surface area contributed by atoms with Crippen molar-refractivity contribution in [3.8, 4) is 11.5 Å². The molecule has 3 rings (SSSR count). The third-order valence-electron chi connectivity index (χ3n) is 4.80. The molecule has 0 amide bonds. The van der Waals surface area contributed by atoms with Crippen LogP contribution in [0.25, 0.3) is 0 Å². The summed E-state index contributed by atoms with van der Waals surface area (Å²) >= 11 is 0. The molecule has 0 bridgehead atoms. The Morgan fingerprint density at radius 1 is 1.07 bits per heavy atom. The van der Waals surface area contributed by atoms with Gasteiger partial charge in [0.1, 0.15) is 6.61 Å². The number of hydrogen-bond donors (Lipinski definition) is 2. The minimum Gasteiger partial charge on any atom is -0.493 e. The van der Waals surface area contributed by atoms with Crippen LogP contribution in [0.5, 0.6) is 11.5 Å². The minimum absolute atomic E-state index is 0. The van der Waals surface area contributed by atoms with E-state index in [0.717, 1.165) is 48.8 Å². The van der Waals surface area contributed by atoms with Crippen molar-refractivity contribution in [1.82, 2.24) is 10.2 Å². The van der Waals surface area contributed by atoms with Crippen molar-refractivity contribution in [1.29, 1.82) is 0 Å². The topological polar surface area (TPSA) is 54.0 Å². The Morgan fingerprint density at radius 2 is 1.81 bits per heavy atom. The number of ether oxygens (including phenoxy) is 2. The number of nitrogens with zero attached hydrogens (tertiary/aromatic N) is 1. The summed E-state index contributed by atoms with van der Waals surface area (Å²) in [7, 11) is 1.66. The molecule has 27 heavy (non-hydrogen) atoms. The summed E-state index contributed by atoms with van der Waals surface area (Å²) in [4.78, 5) is 2.43. The maximum Gasteiger partial charge on any atom is 0.161 e. The second kappa shape index (κ2) is 11.1. The highest BCUT2D eigenvalue weighted by Gasteiger charge is 2.23. The summed E-state index contributed by atoms with van der Waals surface area (Å²) in [6.45, 7) is 4.60. The van der Waals surface area contributed by atoms with Gasteiger partial charge in [0.15, 0.2) is 11.5 Å². The largest absolute Gasteiger partial charge is 0.493 e. The van der Waals surface area contributed by atoms with Gasteiger partial charge in [-0.3, -0.25) is 4.90 Å². The Labute approximate surface area is 167 Å². The molecule has 148 valence electrons. The number of benzene rings is 2. The van der Waals surface area contributed by atoms with Crippen LogP contribution in [0.15, 0.2) is 48.5 Å². The zero-order chi connectivity index (χ0) is 18.2. The Bertz CT molecular complexity index is 678. The first-order chi connectivity index (χ1) is 12.8. The second-order valence-corrected chi connectivity index (χ2v) is 6.50. The van der Waals surface area contributed by atoms with Gasteiger partial charge in [-0.1, -0.05) is 36.4 Å². The Hall–Kier alpha value is -1.79. The van der Waals surface area contributed by atoms with Gasteiger partial charge in [-0.05, 0) is 29.7 Å². The molecule has 0 aliphatic carbocycles. The number of aliphatic hydroxyl groups is 1. The van der Waals surface area contributed by atoms with Gasteiger partial charge in [-0.25, -0.2) is 0 Å². The van der Waals surface area contributed by atoms with Crippen LogP contribution in [0.1, 0.15) is 23.6 Å². The van der Waals surface area contributed by atoms with Crippen LogP contribution >= 0.6 is 12.4 Å². The maximum atomic E-state index is 9.55. The van der Waals surface area contributed by atoms with Gasteiger partial charge >= 0.3 is 0 Å². The number of aliphatic hydroxyl groups excluding tert-OH is 1. The molecule has 2 aromatic rings. The molecule has 0 unspecified atom stereocenters. The number of methoxy groups -OCH3 is 1. The lowest BCUT2D eigenvalue weighted by Crippen LogP contribution is -2.45. The average Bonchev–Trinajstić information content (AvgIpc) is 2.71. The fraction of sp³-hybridized carbons (Fsp3) is 0.429. The molecule has 1 fully saturated rings. The van der Waals surface area contributed by atoms with E-state index in [1.807, 2.05) is 36.4 Å². The molecule has 1 saturated heterocycles. The molecular formula is C21H29ClN2O3. The van der Waals surface area contributed by atoms with E-state index in [1.54, 1.807) is 7.11 Å². The lowest BCUT2D eigenvalue weighted by atomic mass is 10.0. The summed E-state index contributed by atoms with van der Waals surface area (Å²) in [6, 6.07) is 16.4. The number of nitrogens with one attached hydrogen (secondary N) is 1. The SMILES string of the molecule is COc1ccc([C@@H](CCO)N2CCNCC2)cc1OCc1ccccc1.Cl. The molecule has 1 aliphatic rings. The highest BCUT2D eigenvalue weighted by atomic mass is 35.5. The van der Waals surface area contributed by atoms with Gasteiger partial charge in [0.2, 0.25) is 0 Å². The van der Waals surface area contributed by atoms with E-state index >= 15 is 0 Å². The monoisotopic (exact) mass is 392 g/mol. The van der Waals surface area contributed by atoms with E-state index in [2.05, 4.69) is 22.3 Å². The summed E-state index contributed by atoms with van der Waals surface area (Å²) < 4.78 is 11.5. The van der Waals surface area contributed by atoms with Gasteiger partial charge in [0.05, 0.1) is 7.11 Å². The van der Waals surface area contributed by atoms with E-state index in [0.29, 0.717) is 13.0 Å². The van der Waals surface area contributed by atoms with Gasteiger partial charge in [0.25, 0.3) is 0 Å². The van der Waals surface area contributed by atoms with Crippen molar-refractivity contribution in [2.45, 2.75) is 19.1 Å². The molecule has 0 radical (unpaired) electrons.